The Morgan fingerprint density at radius 3 is 2.85 bits per heavy atom. The zero-order chi connectivity index (χ0) is 19.0. The Labute approximate surface area is 162 Å². The highest BCUT2D eigenvalue weighted by atomic mass is 15.2. The van der Waals surface area contributed by atoms with E-state index in [0.717, 1.165) is 47.9 Å². The molecule has 2 aliphatic heterocycles. The van der Waals surface area contributed by atoms with E-state index >= 15 is 0 Å². The molecule has 1 saturated heterocycles. The highest BCUT2D eigenvalue weighted by Gasteiger charge is 2.26. The molecule has 1 fully saturated rings. The van der Waals surface area contributed by atoms with Crippen molar-refractivity contribution in [2.24, 2.45) is 4.99 Å². The van der Waals surface area contributed by atoms with Gasteiger partial charge in [0, 0.05) is 42.9 Å². The lowest BCUT2D eigenvalue weighted by atomic mass is 9.90. The van der Waals surface area contributed by atoms with Crippen molar-refractivity contribution in [1.82, 2.24) is 9.88 Å². The zero-order valence-corrected chi connectivity index (χ0v) is 16.6. The van der Waals surface area contributed by atoms with E-state index in [1.54, 1.807) is 0 Å². The smallest absolute Gasteiger partial charge is 0.137 e. The van der Waals surface area contributed by atoms with Gasteiger partial charge in [-0.25, -0.2) is 4.98 Å². The van der Waals surface area contributed by atoms with Gasteiger partial charge >= 0.3 is 0 Å². The van der Waals surface area contributed by atoms with Crippen LogP contribution in [0.3, 0.4) is 0 Å². The molecular formula is C23H28N4. The number of likely N-dealkylation sites (N-methyl/N-ethyl adjacent to an activating group) is 1. The van der Waals surface area contributed by atoms with Crippen LogP contribution in [0.15, 0.2) is 48.1 Å². The van der Waals surface area contributed by atoms with Gasteiger partial charge in [0.2, 0.25) is 0 Å². The molecule has 1 aromatic heterocycles. The van der Waals surface area contributed by atoms with Gasteiger partial charge in [-0.05, 0) is 63.2 Å². The van der Waals surface area contributed by atoms with E-state index in [9.17, 15) is 0 Å². The minimum Gasteiger partial charge on any atom is -0.355 e. The minimum absolute atomic E-state index is 0.570. The van der Waals surface area contributed by atoms with Crippen molar-refractivity contribution in [3.63, 3.8) is 0 Å². The predicted octanol–water partition coefficient (Wildman–Crippen LogP) is 4.46. The summed E-state index contributed by atoms with van der Waals surface area (Å²) in [5, 5.41) is 0. The SMILES string of the molecule is C=C1CC(c2cccnc2N2CCCC(N(C)C)C2)=Nc2cccc(C)c21. The lowest BCUT2D eigenvalue weighted by Crippen LogP contribution is -2.45. The molecule has 0 bridgehead atoms. The van der Waals surface area contributed by atoms with Crippen LogP contribution >= 0.6 is 0 Å². The molecule has 0 spiro atoms. The highest BCUT2D eigenvalue weighted by molar-refractivity contribution is 6.13. The molecule has 4 rings (SSSR count). The molecule has 0 amide bonds. The van der Waals surface area contributed by atoms with Gasteiger partial charge in [-0.15, -0.1) is 0 Å². The van der Waals surface area contributed by atoms with Crippen molar-refractivity contribution in [3.8, 4) is 0 Å². The van der Waals surface area contributed by atoms with E-state index in [0.29, 0.717) is 6.04 Å². The number of fused-ring (bicyclic) bond motifs is 1. The molecule has 2 aromatic rings. The number of rotatable bonds is 3. The number of nitrogens with zero attached hydrogens (tertiary/aromatic N) is 4. The monoisotopic (exact) mass is 360 g/mol. The van der Waals surface area contributed by atoms with Crippen LogP contribution in [0.2, 0.25) is 0 Å². The van der Waals surface area contributed by atoms with Crippen LogP contribution in [0.1, 0.15) is 36.0 Å². The van der Waals surface area contributed by atoms with Gasteiger partial charge < -0.3 is 9.80 Å². The normalized spacial score (nSPS) is 19.9. The fourth-order valence-corrected chi connectivity index (χ4v) is 4.28. The highest BCUT2D eigenvalue weighted by Crippen LogP contribution is 2.37. The fraction of sp³-hybridized carbons (Fsp3) is 0.391. The molecule has 0 aliphatic carbocycles. The summed E-state index contributed by atoms with van der Waals surface area (Å²) in [6.45, 7) is 8.55. The number of hydrogen-bond donors (Lipinski definition) is 0. The van der Waals surface area contributed by atoms with Gasteiger partial charge in [0.15, 0.2) is 0 Å². The minimum atomic E-state index is 0.570. The summed E-state index contributed by atoms with van der Waals surface area (Å²) in [6.07, 6.45) is 5.12. The summed E-state index contributed by atoms with van der Waals surface area (Å²) in [7, 11) is 4.34. The maximum absolute atomic E-state index is 5.02. The quantitative estimate of drug-likeness (QED) is 0.810. The van der Waals surface area contributed by atoms with Crippen LogP contribution in [0, 0.1) is 6.92 Å². The van der Waals surface area contributed by atoms with Crippen LogP contribution in [-0.2, 0) is 0 Å². The number of aliphatic imine (C=N–C) groups is 1. The number of hydrogen-bond acceptors (Lipinski definition) is 4. The third kappa shape index (κ3) is 3.42. The van der Waals surface area contributed by atoms with Crippen molar-refractivity contribution in [1.29, 1.82) is 0 Å². The maximum atomic E-state index is 5.02. The standard InChI is InChI=1S/C23H28N4/c1-16-8-5-11-20-22(16)17(2)14-21(25-20)19-10-6-12-24-23(19)27-13-7-9-18(15-27)26(3)4/h5-6,8,10-12,18H,2,7,9,13-15H2,1,3-4H3. The van der Waals surface area contributed by atoms with Gasteiger partial charge in [0.05, 0.1) is 11.4 Å². The molecule has 0 N–H and O–H groups in total. The second-order valence-electron chi connectivity index (χ2n) is 7.89. The molecule has 1 atom stereocenters. The molecule has 140 valence electrons. The first-order valence-corrected chi connectivity index (χ1v) is 9.76. The molecule has 0 saturated carbocycles. The molecule has 3 heterocycles. The van der Waals surface area contributed by atoms with E-state index in [1.165, 1.54) is 24.0 Å². The number of benzene rings is 1. The summed E-state index contributed by atoms with van der Waals surface area (Å²) < 4.78 is 0. The first-order valence-electron chi connectivity index (χ1n) is 9.76. The van der Waals surface area contributed by atoms with Crippen LogP contribution in [0.25, 0.3) is 5.57 Å². The van der Waals surface area contributed by atoms with Gasteiger partial charge in [-0.2, -0.15) is 0 Å². The Bertz CT molecular complexity index is 897. The summed E-state index contributed by atoms with van der Waals surface area (Å²) in [4.78, 5) is 14.5. The Morgan fingerprint density at radius 2 is 2.04 bits per heavy atom. The zero-order valence-electron chi connectivity index (χ0n) is 16.6. The number of anilines is 1. The van der Waals surface area contributed by atoms with Crippen molar-refractivity contribution >= 4 is 22.8 Å². The fourth-order valence-electron chi connectivity index (χ4n) is 4.28. The van der Waals surface area contributed by atoms with Crippen LogP contribution in [0.5, 0.6) is 0 Å². The van der Waals surface area contributed by atoms with E-state index in [4.69, 9.17) is 9.98 Å². The molecule has 27 heavy (non-hydrogen) atoms. The Hall–Kier alpha value is -2.46. The topological polar surface area (TPSA) is 31.7 Å². The summed E-state index contributed by atoms with van der Waals surface area (Å²) >= 11 is 0. The molecular weight excluding hydrogens is 332 g/mol. The van der Waals surface area contributed by atoms with E-state index in [2.05, 4.69) is 61.7 Å². The molecule has 1 aromatic carbocycles. The number of allylic oxidation sites excluding steroid dienone is 1. The average molecular weight is 361 g/mol. The number of aromatic nitrogens is 1. The molecule has 1 unspecified atom stereocenters. The van der Waals surface area contributed by atoms with Gasteiger partial charge in [-0.3, -0.25) is 4.99 Å². The van der Waals surface area contributed by atoms with Crippen molar-refractivity contribution in [2.75, 3.05) is 32.1 Å². The predicted molar refractivity (Wildman–Crippen MR) is 114 cm³/mol. The van der Waals surface area contributed by atoms with Gasteiger partial charge in [0.25, 0.3) is 0 Å². The second-order valence-corrected chi connectivity index (χ2v) is 7.89. The van der Waals surface area contributed by atoms with Crippen molar-refractivity contribution in [2.45, 2.75) is 32.2 Å². The lowest BCUT2D eigenvalue weighted by molar-refractivity contribution is 0.257. The third-order valence-electron chi connectivity index (χ3n) is 5.76. The molecule has 0 radical (unpaired) electrons. The van der Waals surface area contributed by atoms with Gasteiger partial charge in [-0.1, -0.05) is 18.7 Å². The maximum Gasteiger partial charge on any atom is 0.137 e. The van der Waals surface area contributed by atoms with Crippen molar-refractivity contribution in [3.05, 3.63) is 59.8 Å². The first kappa shape index (κ1) is 17.9. The van der Waals surface area contributed by atoms with E-state index in [-0.39, 0.29) is 0 Å². The number of pyridine rings is 1. The van der Waals surface area contributed by atoms with E-state index < -0.39 is 0 Å². The lowest BCUT2D eigenvalue weighted by Gasteiger charge is -2.37. The van der Waals surface area contributed by atoms with Crippen LogP contribution < -0.4 is 4.90 Å². The second kappa shape index (κ2) is 7.28. The van der Waals surface area contributed by atoms with Crippen LogP contribution in [-0.4, -0.2) is 48.8 Å². The Balaban J connectivity index is 1.73. The first-order chi connectivity index (χ1) is 13.0. The van der Waals surface area contributed by atoms with Crippen LogP contribution in [0.4, 0.5) is 11.5 Å². The number of piperidine rings is 1. The summed E-state index contributed by atoms with van der Waals surface area (Å²) in [5.41, 5.74) is 6.85. The molecule has 4 nitrogen and oxygen atoms in total. The summed E-state index contributed by atoms with van der Waals surface area (Å²) in [6, 6.07) is 11.0. The third-order valence-corrected chi connectivity index (χ3v) is 5.76. The molecule has 2 aliphatic rings. The largest absolute Gasteiger partial charge is 0.355 e. The van der Waals surface area contributed by atoms with E-state index in [1.807, 2.05) is 12.3 Å². The number of aryl methyl sites for hydroxylation is 1. The van der Waals surface area contributed by atoms with Gasteiger partial charge in [0.1, 0.15) is 5.82 Å². The van der Waals surface area contributed by atoms with Crippen molar-refractivity contribution < 1.29 is 0 Å². The Morgan fingerprint density at radius 1 is 1.19 bits per heavy atom. The average Bonchev–Trinajstić information content (AvgIpc) is 2.68. The Kier molecular flexibility index (Phi) is 4.83. The summed E-state index contributed by atoms with van der Waals surface area (Å²) in [5.74, 6) is 1.06. The molecule has 4 heteroatoms.